The lowest BCUT2D eigenvalue weighted by molar-refractivity contribution is -0.121. The van der Waals surface area contributed by atoms with Crippen LogP contribution in [-0.4, -0.2) is 30.2 Å². The molecular weight excluding hydrogens is 445 g/mol. The van der Waals surface area contributed by atoms with Gasteiger partial charge in [-0.25, -0.2) is 8.42 Å². The molecule has 6 nitrogen and oxygen atoms in total. The maximum atomic E-state index is 13.2. The van der Waals surface area contributed by atoms with Gasteiger partial charge in [-0.15, -0.1) is 0 Å². The molecule has 0 spiro atoms. The molecule has 9 heteroatoms. The molecule has 3 aromatic rings. The summed E-state index contributed by atoms with van der Waals surface area (Å²) in [4.78, 5) is 16.6. The van der Waals surface area contributed by atoms with Crippen molar-refractivity contribution in [2.75, 3.05) is 6.54 Å². The summed E-state index contributed by atoms with van der Waals surface area (Å²) < 4.78 is 27.5. The first kappa shape index (κ1) is 22.2. The third-order valence-electron chi connectivity index (χ3n) is 4.28. The number of amides is 1. The highest BCUT2D eigenvalue weighted by molar-refractivity contribution is 7.89. The van der Waals surface area contributed by atoms with Crippen LogP contribution >= 0.6 is 23.2 Å². The van der Waals surface area contributed by atoms with Crippen molar-refractivity contribution in [1.82, 2.24) is 14.6 Å². The number of carbonyl (C=O) groups is 1. The molecule has 1 aromatic heterocycles. The molecule has 0 saturated carbocycles. The first-order chi connectivity index (χ1) is 14.4. The predicted octanol–water partition coefficient (Wildman–Crippen LogP) is 3.90. The number of rotatable bonds is 8. The van der Waals surface area contributed by atoms with E-state index in [2.05, 4.69) is 10.3 Å². The zero-order valence-corrected chi connectivity index (χ0v) is 18.2. The normalized spacial score (nSPS) is 11.4. The lowest BCUT2D eigenvalue weighted by Gasteiger charge is -2.22. The Labute approximate surface area is 185 Å². The number of nitrogens with zero attached hydrogens (tertiary/aromatic N) is 2. The standard InChI is InChI=1S/C21H19Cl2N3O3S/c22-19-7-6-17(12-20(19)23)14-26(30(28,29)18-4-2-1-3-5-18)15-21(27)25-13-16-8-10-24-11-9-16/h1-12H,13-15H2,(H,25,27). The molecule has 30 heavy (non-hydrogen) atoms. The van der Waals surface area contributed by atoms with E-state index in [1.165, 1.54) is 12.1 Å². The van der Waals surface area contributed by atoms with Gasteiger partial charge in [0, 0.05) is 25.5 Å². The largest absolute Gasteiger partial charge is 0.351 e. The first-order valence-electron chi connectivity index (χ1n) is 9.01. The van der Waals surface area contributed by atoms with Crippen LogP contribution in [0.2, 0.25) is 10.0 Å². The quantitative estimate of drug-likeness (QED) is 0.549. The Morgan fingerprint density at radius 1 is 0.933 bits per heavy atom. The Morgan fingerprint density at radius 2 is 1.63 bits per heavy atom. The lowest BCUT2D eigenvalue weighted by atomic mass is 10.2. The number of carbonyl (C=O) groups excluding carboxylic acids is 1. The Bertz CT molecular complexity index is 1110. The zero-order chi connectivity index (χ0) is 21.6. The maximum absolute atomic E-state index is 13.2. The molecule has 0 aliphatic carbocycles. The predicted molar refractivity (Wildman–Crippen MR) is 117 cm³/mol. The van der Waals surface area contributed by atoms with Crippen molar-refractivity contribution in [2.45, 2.75) is 18.0 Å². The van der Waals surface area contributed by atoms with E-state index >= 15 is 0 Å². The molecule has 1 N–H and O–H groups in total. The summed E-state index contributed by atoms with van der Waals surface area (Å²) in [5.41, 5.74) is 1.48. The van der Waals surface area contributed by atoms with Crippen molar-refractivity contribution in [1.29, 1.82) is 0 Å². The zero-order valence-electron chi connectivity index (χ0n) is 15.8. The smallest absolute Gasteiger partial charge is 0.243 e. The van der Waals surface area contributed by atoms with Gasteiger partial charge >= 0.3 is 0 Å². The molecule has 2 aromatic carbocycles. The van der Waals surface area contributed by atoms with Gasteiger partial charge in [0.2, 0.25) is 15.9 Å². The molecule has 0 radical (unpaired) electrons. The van der Waals surface area contributed by atoms with E-state index in [0.717, 1.165) is 9.87 Å². The van der Waals surface area contributed by atoms with Crippen LogP contribution in [0.1, 0.15) is 11.1 Å². The van der Waals surface area contributed by atoms with E-state index in [1.54, 1.807) is 60.9 Å². The number of nitrogens with one attached hydrogen (secondary N) is 1. The van der Waals surface area contributed by atoms with E-state index < -0.39 is 15.9 Å². The Morgan fingerprint density at radius 3 is 2.30 bits per heavy atom. The molecule has 1 heterocycles. The summed E-state index contributed by atoms with van der Waals surface area (Å²) in [6.07, 6.45) is 3.25. The summed E-state index contributed by atoms with van der Waals surface area (Å²) in [7, 11) is -3.91. The van der Waals surface area contributed by atoms with Gasteiger partial charge in [0.05, 0.1) is 21.5 Å². The van der Waals surface area contributed by atoms with Crippen molar-refractivity contribution >= 4 is 39.1 Å². The topological polar surface area (TPSA) is 79.4 Å². The van der Waals surface area contributed by atoms with Crippen molar-refractivity contribution < 1.29 is 13.2 Å². The Kier molecular flexibility index (Phi) is 7.44. The maximum Gasteiger partial charge on any atom is 0.243 e. The van der Waals surface area contributed by atoms with Crippen LogP contribution in [0.25, 0.3) is 0 Å². The summed E-state index contributed by atoms with van der Waals surface area (Å²) in [6.45, 7) is -0.104. The molecule has 156 valence electrons. The summed E-state index contributed by atoms with van der Waals surface area (Å²) in [6, 6.07) is 16.4. The average Bonchev–Trinajstić information content (AvgIpc) is 2.75. The fraction of sp³-hybridized carbons (Fsp3) is 0.143. The second kappa shape index (κ2) is 10.0. The molecular formula is C21H19Cl2N3O3S. The first-order valence-corrected chi connectivity index (χ1v) is 11.2. The van der Waals surface area contributed by atoms with Gasteiger partial charge < -0.3 is 5.32 Å². The molecule has 0 saturated heterocycles. The van der Waals surface area contributed by atoms with Crippen LogP contribution in [0.4, 0.5) is 0 Å². The highest BCUT2D eigenvalue weighted by Crippen LogP contribution is 2.25. The second-order valence-corrected chi connectivity index (χ2v) is 9.22. The molecule has 0 aliphatic heterocycles. The van der Waals surface area contributed by atoms with E-state index in [9.17, 15) is 13.2 Å². The van der Waals surface area contributed by atoms with E-state index in [-0.39, 0.29) is 24.5 Å². The van der Waals surface area contributed by atoms with E-state index in [1.807, 2.05) is 0 Å². The Hall–Kier alpha value is -2.45. The summed E-state index contributed by atoms with van der Waals surface area (Å²) >= 11 is 12.0. The van der Waals surface area contributed by atoms with E-state index in [4.69, 9.17) is 23.2 Å². The van der Waals surface area contributed by atoms with Crippen molar-refractivity contribution in [2.24, 2.45) is 0 Å². The molecule has 1 amide bonds. The third-order valence-corrected chi connectivity index (χ3v) is 6.83. The fourth-order valence-electron chi connectivity index (χ4n) is 2.73. The lowest BCUT2D eigenvalue weighted by Crippen LogP contribution is -2.40. The van der Waals surface area contributed by atoms with Crippen molar-refractivity contribution in [3.63, 3.8) is 0 Å². The van der Waals surface area contributed by atoms with Crippen LogP contribution in [-0.2, 0) is 27.9 Å². The van der Waals surface area contributed by atoms with Gasteiger partial charge in [0.25, 0.3) is 0 Å². The third kappa shape index (κ3) is 5.79. The molecule has 0 aliphatic rings. The number of benzene rings is 2. The van der Waals surface area contributed by atoms with Gasteiger partial charge in [-0.3, -0.25) is 9.78 Å². The van der Waals surface area contributed by atoms with Crippen LogP contribution in [0.15, 0.2) is 78.0 Å². The number of sulfonamides is 1. The highest BCUT2D eigenvalue weighted by Gasteiger charge is 2.27. The number of hydrogen-bond acceptors (Lipinski definition) is 4. The van der Waals surface area contributed by atoms with Gasteiger partial charge in [0.15, 0.2) is 0 Å². The SMILES string of the molecule is O=C(CN(Cc1ccc(Cl)c(Cl)c1)S(=O)(=O)c1ccccc1)NCc1ccncc1. The highest BCUT2D eigenvalue weighted by atomic mass is 35.5. The van der Waals surface area contributed by atoms with Crippen LogP contribution in [0.3, 0.4) is 0 Å². The van der Waals surface area contributed by atoms with Gasteiger partial charge in [-0.2, -0.15) is 4.31 Å². The second-order valence-electron chi connectivity index (χ2n) is 6.47. The summed E-state index contributed by atoms with van der Waals surface area (Å²) in [5.74, 6) is -0.425. The fourth-order valence-corrected chi connectivity index (χ4v) is 4.45. The number of hydrogen-bond donors (Lipinski definition) is 1. The van der Waals surface area contributed by atoms with Crippen LogP contribution in [0.5, 0.6) is 0 Å². The Balaban J connectivity index is 1.81. The monoisotopic (exact) mass is 463 g/mol. The number of halogens is 2. The minimum Gasteiger partial charge on any atom is -0.351 e. The molecule has 0 fully saturated rings. The molecule has 0 bridgehead atoms. The molecule has 3 rings (SSSR count). The van der Waals surface area contributed by atoms with Gasteiger partial charge in [-0.1, -0.05) is 47.5 Å². The number of aromatic nitrogens is 1. The van der Waals surface area contributed by atoms with Crippen LogP contribution < -0.4 is 5.32 Å². The minimum absolute atomic E-state index is 0.0310. The molecule has 0 atom stereocenters. The number of pyridine rings is 1. The average molecular weight is 464 g/mol. The molecule has 0 unspecified atom stereocenters. The van der Waals surface area contributed by atoms with Crippen LogP contribution in [0, 0.1) is 0 Å². The minimum atomic E-state index is -3.91. The van der Waals surface area contributed by atoms with Crippen molar-refractivity contribution in [3.8, 4) is 0 Å². The van der Waals surface area contributed by atoms with Gasteiger partial charge in [0.1, 0.15) is 0 Å². The van der Waals surface area contributed by atoms with Crippen molar-refractivity contribution in [3.05, 3.63) is 94.2 Å². The van der Waals surface area contributed by atoms with Gasteiger partial charge in [-0.05, 0) is 47.5 Å². The van der Waals surface area contributed by atoms with E-state index in [0.29, 0.717) is 15.6 Å². The summed E-state index contributed by atoms with van der Waals surface area (Å²) in [5, 5.41) is 3.42.